The van der Waals surface area contributed by atoms with Crippen LogP contribution < -0.4 is 9.54 Å². The molecule has 3 aromatic rings. The van der Waals surface area contributed by atoms with Crippen LogP contribution in [0.2, 0.25) is 0 Å². The van der Waals surface area contributed by atoms with Gasteiger partial charge < -0.3 is 4.74 Å². The lowest BCUT2D eigenvalue weighted by molar-refractivity contribution is 0.416. The number of nitrogens with zero attached hydrogens (tertiary/aromatic N) is 4. The Balaban J connectivity index is 2.02. The van der Waals surface area contributed by atoms with E-state index in [1.807, 2.05) is 54.8 Å². The normalized spacial score (nSPS) is 12.0. The number of benzene rings is 1. The summed E-state index contributed by atoms with van der Waals surface area (Å²) in [4.78, 5) is 9.68. The molecular formula is C17H16N4OS. The molecule has 0 unspecified atom stereocenters. The van der Waals surface area contributed by atoms with Gasteiger partial charge in [-0.3, -0.25) is 4.98 Å². The molecule has 23 heavy (non-hydrogen) atoms. The molecule has 0 radical (unpaired) electrons. The maximum atomic E-state index is 5.35. The molecule has 6 heteroatoms. The van der Waals surface area contributed by atoms with Crippen molar-refractivity contribution < 1.29 is 4.74 Å². The van der Waals surface area contributed by atoms with E-state index in [1.54, 1.807) is 24.2 Å². The highest BCUT2D eigenvalue weighted by molar-refractivity contribution is 7.07. The Kier molecular flexibility index (Phi) is 4.63. The second kappa shape index (κ2) is 7.02. The van der Waals surface area contributed by atoms with Gasteiger partial charge in [-0.15, -0.1) is 11.3 Å². The van der Waals surface area contributed by atoms with Crippen molar-refractivity contribution in [1.29, 1.82) is 0 Å². The lowest BCUT2D eigenvalue weighted by Crippen LogP contribution is -2.11. The molecule has 0 aliphatic rings. The summed E-state index contributed by atoms with van der Waals surface area (Å²) in [6.07, 6.45) is 3.47. The van der Waals surface area contributed by atoms with Crippen LogP contribution in [0.15, 0.2) is 64.1 Å². The quantitative estimate of drug-likeness (QED) is 0.691. The van der Waals surface area contributed by atoms with Crippen LogP contribution in [0.5, 0.6) is 5.75 Å². The van der Waals surface area contributed by atoms with Crippen LogP contribution >= 0.6 is 11.3 Å². The molecule has 0 spiro atoms. The highest BCUT2D eigenvalue weighted by Gasteiger charge is 2.03. The lowest BCUT2D eigenvalue weighted by Gasteiger charge is -2.03. The van der Waals surface area contributed by atoms with Gasteiger partial charge in [0.05, 0.1) is 24.7 Å². The summed E-state index contributed by atoms with van der Waals surface area (Å²) in [6.45, 7) is 1.99. The molecule has 3 rings (SSSR count). The fraction of sp³-hybridized carbons (Fsp3) is 0.118. The van der Waals surface area contributed by atoms with E-state index in [0.717, 1.165) is 27.6 Å². The summed E-state index contributed by atoms with van der Waals surface area (Å²) in [5, 5.41) is 6.51. The molecule has 0 N–H and O–H groups in total. The van der Waals surface area contributed by atoms with Crippen LogP contribution in [0.4, 0.5) is 5.69 Å². The molecule has 2 heterocycles. The van der Waals surface area contributed by atoms with Gasteiger partial charge in [-0.25, -0.2) is 9.67 Å². The fourth-order valence-electron chi connectivity index (χ4n) is 2.00. The highest BCUT2D eigenvalue weighted by atomic mass is 32.1. The van der Waals surface area contributed by atoms with Crippen LogP contribution in [0, 0.1) is 6.92 Å². The molecule has 0 aliphatic heterocycles. The van der Waals surface area contributed by atoms with E-state index in [0.29, 0.717) is 0 Å². The Hall–Kier alpha value is -2.73. The van der Waals surface area contributed by atoms with Gasteiger partial charge in [-0.05, 0) is 31.2 Å². The van der Waals surface area contributed by atoms with Gasteiger partial charge in [0.1, 0.15) is 11.4 Å². The number of rotatable bonds is 4. The number of hydrogen-bond donors (Lipinski definition) is 0. The molecule has 5 nitrogen and oxygen atoms in total. The van der Waals surface area contributed by atoms with E-state index in [-0.39, 0.29) is 0 Å². The predicted octanol–water partition coefficient (Wildman–Crippen LogP) is 3.38. The van der Waals surface area contributed by atoms with Crippen molar-refractivity contribution in [3.63, 3.8) is 0 Å². The van der Waals surface area contributed by atoms with Crippen LogP contribution in [0.3, 0.4) is 0 Å². The second-order valence-electron chi connectivity index (χ2n) is 4.75. The molecule has 116 valence electrons. The van der Waals surface area contributed by atoms with Gasteiger partial charge in [0.15, 0.2) is 0 Å². The maximum absolute atomic E-state index is 5.35. The Labute approximate surface area is 138 Å². The zero-order valence-electron chi connectivity index (χ0n) is 12.9. The number of hydrogen-bond acceptors (Lipinski definition) is 5. The topological polar surface area (TPSA) is 51.8 Å². The Morgan fingerprint density at radius 2 is 2.00 bits per heavy atom. The molecule has 0 saturated heterocycles. The molecule has 0 atom stereocenters. The van der Waals surface area contributed by atoms with Crippen molar-refractivity contribution in [2.75, 3.05) is 7.11 Å². The molecule has 0 bridgehead atoms. The average molecular weight is 324 g/mol. The van der Waals surface area contributed by atoms with E-state index >= 15 is 0 Å². The van der Waals surface area contributed by atoms with Crippen molar-refractivity contribution in [1.82, 2.24) is 9.66 Å². The summed E-state index contributed by atoms with van der Waals surface area (Å²) in [5.74, 6) is 0.735. The Bertz CT molecular complexity index is 881. The van der Waals surface area contributed by atoms with Crippen molar-refractivity contribution in [3.8, 4) is 5.75 Å². The number of pyridine rings is 1. The molecule has 1 aromatic carbocycles. The first-order valence-corrected chi connectivity index (χ1v) is 7.96. The number of thiazole rings is 1. The largest absolute Gasteiger partial charge is 0.494 e. The third kappa shape index (κ3) is 3.54. The van der Waals surface area contributed by atoms with Crippen LogP contribution in [0.25, 0.3) is 0 Å². The van der Waals surface area contributed by atoms with Gasteiger partial charge in [-0.2, -0.15) is 5.10 Å². The smallest absolute Gasteiger partial charge is 0.211 e. The van der Waals surface area contributed by atoms with Crippen molar-refractivity contribution in [2.24, 2.45) is 10.1 Å². The highest BCUT2D eigenvalue weighted by Crippen LogP contribution is 2.25. The maximum Gasteiger partial charge on any atom is 0.211 e. The van der Waals surface area contributed by atoms with E-state index in [4.69, 9.17) is 4.74 Å². The number of para-hydroxylation sites is 2. The lowest BCUT2D eigenvalue weighted by atomic mass is 10.3. The first-order valence-electron chi connectivity index (χ1n) is 7.08. The van der Waals surface area contributed by atoms with Gasteiger partial charge in [0, 0.05) is 11.6 Å². The second-order valence-corrected chi connectivity index (χ2v) is 5.59. The predicted molar refractivity (Wildman–Crippen MR) is 92.5 cm³/mol. The third-order valence-corrected chi connectivity index (χ3v) is 4.08. The monoisotopic (exact) mass is 324 g/mol. The van der Waals surface area contributed by atoms with Crippen molar-refractivity contribution in [3.05, 3.63) is 70.2 Å². The number of aryl methyl sites for hydroxylation is 1. The molecular weight excluding hydrogens is 308 g/mol. The van der Waals surface area contributed by atoms with Gasteiger partial charge >= 0.3 is 0 Å². The first-order chi connectivity index (χ1) is 11.3. The minimum Gasteiger partial charge on any atom is -0.494 e. The molecule has 0 saturated carbocycles. The summed E-state index contributed by atoms with van der Waals surface area (Å²) < 4.78 is 7.14. The summed E-state index contributed by atoms with van der Waals surface area (Å²) in [7, 11) is 1.64. The number of ether oxygens (including phenoxy) is 1. The van der Waals surface area contributed by atoms with Crippen molar-refractivity contribution in [2.45, 2.75) is 6.92 Å². The molecule has 0 aliphatic carbocycles. The standard InChI is InChI=1S/C17H16N4OS/c1-13-12-23-17(20-15-8-3-4-9-16(15)22-2)21(13)19-11-14-7-5-6-10-18-14/h3-12H,1-2H3/b19-11+,20-17?. The van der Waals surface area contributed by atoms with Gasteiger partial charge in [-0.1, -0.05) is 18.2 Å². The minimum atomic E-state index is 0.735. The number of aromatic nitrogens is 2. The van der Waals surface area contributed by atoms with Crippen molar-refractivity contribution >= 4 is 23.2 Å². The summed E-state index contributed by atoms with van der Waals surface area (Å²) >= 11 is 1.53. The Morgan fingerprint density at radius 3 is 2.78 bits per heavy atom. The van der Waals surface area contributed by atoms with Crippen LogP contribution in [-0.2, 0) is 0 Å². The summed E-state index contributed by atoms with van der Waals surface area (Å²) in [5.41, 5.74) is 2.59. The van der Waals surface area contributed by atoms with E-state index in [9.17, 15) is 0 Å². The SMILES string of the molecule is COc1ccccc1N=c1scc(C)n1/N=C/c1ccccn1. The van der Waals surface area contributed by atoms with E-state index in [1.165, 1.54) is 11.3 Å². The molecule has 0 fully saturated rings. The van der Waals surface area contributed by atoms with Gasteiger partial charge in [0.2, 0.25) is 4.80 Å². The van der Waals surface area contributed by atoms with Crippen LogP contribution in [0.1, 0.15) is 11.4 Å². The van der Waals surface area contributed by atoms with Gasteiger partial charge in [0.25, 0.3) is 0 Å². The minimum absolute atomic E-state index is 0.735. The summed E-state index contributed by atoms with van der Waals surface area (Å²) in [6, 6.07) is 13.4. The zero-order chi connectivity index (χ0) is 16.1. The third-order valence-electron chi connectivity index (χ3n) is 3.14. The Morgan fingerprint density at radius 1 is 1.17 bits per heavy atom. The fourth-order valence-corrected chi connectivity index (χ4v) is 2.82. The van der Waals surface area contributed by atoms with E-state index < -0.39 is 0 Å². The zero-order valence-corrected chi connectivity index (χ0v) is 13.7. The van der Waals surface area contributed by atoms with E-state index in [2.05, 4.69) is 15.1 Å². The number of methoxy groups -OCH3 is 1. The molecule has 2 aromatic heterocycles. The average Bonchev–Trinajstić information content (AvgIpc) is 2.94. The van der Waals surface area contributed by atoms with Crippen LogP contribution in [-0.4, -0.2) is 23.0 Å². The molecule has 0 amide bonds. The first kappa shape index (κ1) is 15.2.